The van der Waals surface area contributed by atoms with Crippen molar-refractivity contribution in [1.29, 1.82) is 0 Å². The molecule has 1 aromatic heterocycles. The van der Waals surface area contributed by atoms with E-state index >= 15 is 0 Å². The maximum Gasteiger partial charge on any atom is 0.329 e. The fourth-order valence-electron chi connectivity index (χ4n) is 1.62. The van der Waals surface area contributed by atoms with E-state index in [1.54, 1.807) is 33.0 Å². The number of rotatable bonds is 3. The van der Waals surface area contributed by atoms with Crippen LogP contribution < -0.4 is 11.3 Å². The van der Waals surface area contributed by atoms with Gasteiger partial charge in [-0.25, -0.2) is 4.79 Å². The molecule has 0 fully saturated rings. The van der Waals surface area contributed by atoms with Crippen molar-refractivity contribution in [2.45, 2.75) is 45.8 Å². The molecule has 1 atom stereocenters. The van der Waals surface area contributed by atoms with Crippen molar-refractivity contribution in [2.75, 3.05) is 5.73 Å². The monoisotopic (exact) mass is 252 g/mol. The van der Waals surface area contributed by atoms with Gasteiger partial charge in [0, 0.05) is 6.20 Å². The zero-order valence-electron chi connectivity index (χ0n) is 11.3. The summed E-state index contributed by atoms with van der Waals surface area (Å²) in [5.74, 6) is -0.419. The van der Waals surface area contributed by atoms with Crippen molar-refractivity contribution in [3.63, 3.8) is 0 Å². The predicted octanol–water partition coefficient (Wildman–Crippen LogP) is 1.72. The first-order valence-corrected chi connectivity index (χ1v) is 5.95. The quantitative estimate of drug-likeness (QED) is 0.831. The molecule has 0 saturated carbocycles. The summed E-state index contributed by atoms with van der Waals surface area (Å²) in [5.41, 5.74) is 4.74. The second-order valence-corrected chi connectivity index (χ2v) is 5.13. The van der Waals surface area contributed by atoms with Crippen LogP contribution in [0.2, 0.25) is 0 Å². The lowest BCUT2D eigenvalue weighted by molar-refractivity contribution is -0.159. The topological polar surface area (TPSA) is 74.3 Å². The molecule has 0 aliphatic carbocycles. The van der Waals surface area contributed by atoms with Crippen LogP contribution in [0.3, 0.4) is 0 Å². The van der Waals surface area contributed by atoms with Crippen LogP contribution in [0, 0.1) is 0 Å². The minimum absolute atomic E-state index is 0.125. The third-order valence-electron chi connectivity index (χ3n) is 2.41. The molecule has 0 aliphatic heterocycles. The molecular formula is C13H20N2O3. The van der Waals surface area contributed by atoms with Crippen molar-refractivity contribution in [2.24, 2.45) is 0 Å². The number of nitrogens with zero attached hydrogens (tertiary/aromatic N) is 1. The summed E-state index contributed by atoms with van der Waals surface area (Å²) in [6.45, 7) is 7.20. The molecule has 5 heteroatoms. The lowest BCUT2D eigenvalue weighted by atomic mass is 10.1. The number of carbonyl (C=O) groups excluding carboxylic acids is 1. The number of anilines is 1. The number of hydrogen-bond donors (Lipinski definition) is 1. The molecule has 5 nitrogen and oxygen atoms in total. The highest BCUT2D eigenvalue weighted by Crippen LogP contribution is 2.17. The Kier molecular flexibility index (Phi) is 4.16. The van der Waals surface area contributed by atoms with Crippen molar-refractivity contribution in [1.82, 2.24) is 4.57 Å². The Hall–Kier alpha value is -1.78. The number of hydrogen-bond acceptors (Lipinski definition) is 4. The van der Waals surface area contributed by atoms with Gasteiger partial charge < -0.3 is 10.5 Å². The van der Waals surface area contributed by atoms with Crippen LogP contribution in [-0.2, 0) is 9.53 Å². The van der Waals surface area contributed by atoms with E-state index in [-0.39, 0.29) is 11.2 Å². The highest BCUT2D eigenvalue weighted by molar-refractivity contribution is 5.74. The fourth-order valence-corrected chi connectivity index (χ4v) is 1.62. The highest BCUT2D eigenvalue weighted by Gasteiger charge is 2.25. The van der Waals surface area contributed by atoms with Gasteiger partial charge in [-0.05, 0) is 39.3 Å². The molecule has 1 heterocycles. The molecule has 0 bridgehead atoms. The summed E-state index contributed by atoms with van der Waals surface area (Å²) in [4.78, 5) is 23.9. The normalized spacial score (nSPS) is 13.1. The molecule has 1 aromatic rings. The van der Waals surface area contributed by atoms with Crippen LogP contribution in [0.5, 0.6) is 0 Å². The standard InChI is InChI=1S/C13H20N2O3/c1-5-10(12(17)18-13(2,3)4)15-8-6-7-9(14)11(15)16/h6-8,10H,5,14H2,1-4H3/t10-/m0/s1. The summed E-state index contributed by atoms with van der Waals surface area (Å²) in [6.07, 6.45) is 2.02. The Morgan fingerprint density at radius 2 is 2.11 bits per heavy atom. The summed E-state index contributed by atoms with van der Waals surface area (Å²) in [6, 6.07) is 2.52. The van der Waals surface area contributed by atoms with Gasteiger partial charge in [0.15, 0.2) is 0 Å². The van der Waals surface area contributed by atoms with E-state index in [4.69, 9.17) is 10.5 Å². The minimum atomic E-state index is -0.639. The van der Waals surface area contributed by atoms with Gasteiger partial charge in [0.05, 0.1) is 5.69 Å². The molecule has 0 spiro atoms. The lowest BCUT2D eigenvalue weighted by Crippen LogP contribution is -2.35. The predicted molar refractivity (Wildman–Crippen MR) is 70.3 cm³/mol. The van der Waals surface area contributed by atoms with E-state index < -0.39 is 17.6 Å². The Bertz CT molecular complexity index is 486. The van der Waals surface area contributed by atoms with Crippen LogP contribution in [0.15, 0.2) is 23.1 Å². The van der Waals surface area contributed by atoms with Crippen molar-refractivity contribution in [3.05, 3.63) is 28.7 Å². The van der Waals surface area contributed by atoms with Gasteiger partial charge in [-0.15, -0.1) is 0 Å². The fraction of sp³-hybridized carbons (Fsp3) is 0.538. The molecule has 0 unspecified atom stereocenters. The van der Waals surface area contributed by atoms with Crippen LogP contribution in [0.25, 0.3) is 0 Å². The first kappa shape index (κ1) is 14.3. The number of nitrogen functional groups attached to an aromatic ring is 1. The zero-order valence-corrected chi connectivity index (χ0v) is 11.3. The van der Waals surface area contributed by atoms with Crippen LogP contribution in [0.4, 0.5) is 5.69 Å². The van der Waals surface area contributed by atoms with Gasteiger partial charge in [-0.1, -0.05) is 6.92 Å². The Morgan fingerprint density at radius 1 is 1.50 bits per heavy atom. The number of nitrogens with two attached hydrogens (primary N) is 1. The van der Waals surface area contributed by atoms with Crippen molar-refractivity contribution in [3.8, 4) is 0 Å². The van der Waals surface area contributed by atoms with Crippen LogP contribution >= 0.6 is 0 Å². The third kappa shape index (κ3) is 3.35. The average molecular weight is 252 g/mol. The van der Waals surface area contributed by atoms with E-state index in [1.807, 2.05) is 6.92 Å². The average Bonchev–Trinajstić information content (AvgIpc) is 2.22. The van der Waals surface area contributed by atoms with E-state index in [0.29, 0.717) is 6.42 Å². The number of carbonyl (C=O) groups is 1. The number of ether oxygens (including phenoxy) is 1. The van der Waals surface area contributed by atoms with E-state index in [2.05, 4.69) is 0 Å². The number of pyridine rings is 1. The lowest BCUT2D eigenvalue weighted by Gasteiger charge is -2.24. The number of esters is 1. The van der Waals surface area contributed by atoms with Crippen molar-refractivity contribution < 1.29 is 9.53 Å². The van der Waals surface area contributed by atoms with E-state index in [1.165, 1.54) is 10.6 Å². The summed E-state index contributed by atoms with van der Waals surface area (Å²) >= 11 is 0. The molecule has 1 rings (SSSR count). The molecule has 18 heavy (non-hydrogen) atoms. The van der Waals surface area contributed by atoms with Gasteiger partial charge in [0.25, 0.3) is 5.56 Å². The highest BCUT2D eigenvalue weighted by atomic mass is 16.6. The van der Waals surface area contributed by atoms with Crippen molar-refractivity contribution >= 4 is 11.7 Å². The molecule has 0 amide bonds. The molecule has 2 N–H and O–H groups in total. The molecule has 0 radical (unpaired) electrons. The third-order valence-corrected chi connectivity index (χ3v) is 2.41. The maximum atomic E-state index is 12.0. The van der Waals surface area contributed by atoms with E-state index in [9.17, 15) is 9.59 Å². The van der Waals surface area contributed by atoms with Gasteiger partial charge in [-0.3, -0.25) is 9.36 Å². The first-order valence-electron chi connectivity index (χ1n) is 5.95. The SMILES string of the molecule is CC[C@@H](C(=O)OC(C)(C)C)n1cccc(N)c1=O. The first-order chi connectivity index (χ1) is 8.26. The summed E-state index contributed by atoms with van der Waals surface area (Å²) in [5, 5.41) is 0. The summed E-state index contributed by atoms with van der Waals surface area (Å²) in [7, 11) is 0. The smallest absolute Gasteiger partial charge is 0.329 e. The molecule has 0 aliphatic rings. The number of aromatic nitrogens is 1. The van der Waals surface area contributed by atoms with Gasteiger partial charge in [0.1, 0.15) is 11.6 Å². The Morgan fingerprint density at radius 3 is 2.61 bits per heavy atom. The molecule has 0 aromatic carbocycles. The van der Waals surface area contributed by atoms with Gasteiger partial charge in [0.2, 0.25) is 0 Å². The summed E-state index contributed by atoms with van der Waals surface area (Å²) < 4.78 is 6.62. The minimum Gasteiger partial charge on any atom is -0.458 e. The second kappa shape index (κ2) is 5.25. The van der Waals surface area contributed by atoms with Crippen LogP contribution in [-0.4, -0.2) is 16.1 Å². The van der Waals surface area contributed by atoms with E-state index in [0.717, 1.165) is 0 Å². The largest absolute Gasteiger partial charge is 0.458 e. The second-order valence-electron chi connectivity index (χ2n) is 5.13. The Labute approximate surface area is 107 Å². The van der Waals surface area contributed by atoms with Gasteiger partial charge >= 0.3 is 5.97 Å². The molecular weight excluding hydrogens is 232 g/mol. The molecule has 100 valence electrons. The Balaban J connectivity index is 3.07. The maximum absolute atomic E-state index is 12.0. The van der Waals surface area contributed by atoms with Crippen LogP contribution in [0.1, 0.15) is 40.2 Å². The van der Waals surface area contributed by atoms with Gasteiger partial charge in [-0.2, -0.15) is 0 Å². The zero-order chi connectivity index (χ0) is 13.9. The molecule has 0 saturated heterocycles.